The number of rotatable bonds is 10. The second-order valence-electron chi connectivity index (χ2n) is 14.3. The molecule has 7 rings (SSSR count). The fourth-order valence-electron chi connectivity index (χ4n) is 7.88. The summed E-state index contributed by atoms with van der Waals surface area (Å²) in [6, 6.07) is 7.73. The van der Waals surface area contributed by atoms with E-state index in [1.54, 1.807) is 30.6 Å². The van der Waals surface area contributed by atoms with Gasteiger partial charge in [-0.1, -0.05) is 6.07 Å². The average Bonchev–Trinajstić information content (AvgIpc) is 3.75. The molecule has 3 aliphatic rings. The number of ether oxygens (including phenoxy) is 1. The normalized spacial score (nSPS) is 16.9. The van der Waals surface area contributed by atoms with Crippen molar-refractivity contribution >= 4 is 23.4 Å². The van der Waals surface area contributed by atoms with Gasteiger partial charge in [0.15, 0.2) is 5.82 Å². The number of aromatic nitrogens is 4. The Labute approximate surface area is 306 Å². The highest BCUT2D eigenvalue weighted by atomic mass is 19.1. The number of piperidine rings is 1. The van der Waals surface area contributed by atoms with Crippen LogP contribution >= 0.6 is 0 Å². The quantitative estimate of drug-likeness (QED) is 0.219. The summed E-state index contributed by atoms with van der Waals surface area (Å²) in [6.07, 6.45) is 7.70. The zero-order valence-corrected chi connectivity index (χ0v) is 30.5. The molecule has 0 atom stereocenters. The standard InChI is InChI=1S/C38H45F2N9O4/c1-23-28(20-44-49(23)27-8-12-41-13-9-27)35(50)45-26-7-6-24(32(18-26)53-4)19-43-36(51)34-42-21-33-38(10-5-11-38)47(14-15-48(33)34)22-29-30(39)16-25(17-31(29)40)37(52)46(2)3/h6-7,16-18,20-21,27,41H,5,8-15,19,22H2,1-4H3,(H,43,51)(H,45,50). The third-order valence-corrected chi connectivity index (χ3v) is 11.0. The fourth-order valence-corrected chi connectivity index (χ4v) is 7.88. The number of hydrogen-bond acceptors (Lipinski definition) is 8. The second kappa shape index (κ2) is 14.7. The van der Waals surface area contributed by atoms with Crippen LogP contribution in [0.3, 0.4) is 0 Å². The summed E-state index contributed by atoms with van der Waals surface area (Å²) in [5.41, 5.74) is 2.81. The maximum atomic E-state index is 15.2. The number of nitrogens with one attached hydrogen (secondary N) is 3. The van der Waals surface area contributed by atoms with Gasteiger partial charge in [0.2, 0.25) is 0 Å². The van der Waals surface area contributed by atoms with Crippen molar-refractivity contribution in [2.75, 3.05) is 46.2 Å². The van der Waals surface area contributed by atoms with Crippen molar-refractivity contribution < 1.29 is 27.9 Å². The van der Waals surface area contributed by atoms with Crippen molar-refractivity contribution in [2.45, 2.75) is 70.2 Å². The summed E-state index contributed by atoms with van der Waals surface area (Å²) in [5, 5.41) is 13.8. The smallest absolute Gasteiger partial charge is 0.287 e. The number of amides is 3. The molecular formula is C38H45F2N9O4. The van der Waals surface area contributed by atoms with Gasteiger partial charge in [0.1, 0.15) is 17.4 Å². The topological polar surface area (TPSA) is 139 Å². The molecule has 3 N–H and O–H groups in total. The van der Waals surface area contributed by atoms with Crippen LogP contribution in [0.15, 0.2) is 42.7 Å². The molecule has 1 saturated carbocycles. The monoisotopic (exact) mass is 729 g/mol. The number of hydrogen-bond donors (Lipinski definition) is 3. The summed E-state index contributed by atoms with van der Waals surface area (Å²) < 4.78 is 39.9. The van der Waals surface area contributed by atoms with Gasteiger partial charge in [0.25, 0.3) is 17.7 Å². The minimum Gasteiger partial charge on any atom is -0.496 e. The van der Waals surface area contributed by atoms with Gasteiger partial charge in [-0.25, -0.2) is 13.8 Å². The molecular weight excluding hydrogens is 684 g/mol. The highest BCUT2D eigenvalue weighted by Crippen LogP contribution is 2.49. The Bertz CT molecular complexity index is 2030. The summed E-state index contributed by atoms with van der Waals surface area (Å²) in [5.74, 6) is -1.86. The molecule has 15 heteroatoms. The Morgan fingerprint density at radius 1 is 1.04 bits per heavy atom. The predicted octanol–water partition coefficient (Wildman–Crippen LogP) is 4.38. The van der Waals surface area contributed by atoms with Crippen LogP contribution < -0.4 is 20.7 Å². The zero-order chi connectivity index (χ0) is 37.4. The largest absolute Gasteiger partial charge is 0.496 e. The van der Waals surface area contributed by atoms with Crippen molar-refractivity contribution in [1.29, 1.82) is 0 Å². The van der Waals surface area contributed by atoms with Crippen molar-refractivity contribution in [1.82, 2.24) is 39.8 Å². The molecule has 0 bridgehead atoms. The lowest BCUT2D eigenvalue weighted by Gasteiger charge is -2.53. The minimum atomic E-state index is -0.759. The van der Waals surface area contributed by atoms with Crippen molar-refractivity contribution in [2.24, 2.45) is 0 Å². The van der Waals surface area contributed by atoms with Crippen LogP contribution in [0.1, 0.15) is 92.0 Å². The van der Waals surface area contributed by atoms with E-state index in [0.717, 1.165) is 68.7 Å². The molecule has 2 aromatic heterocycles. The van der Waals surface area contributed by atoms with Crippen LogP contribution in [0.25, 0.3) is 0 Å². The molecule has 0 unspecified atom stereocenters. The van der Waals surface area contributed by atoms with Gasteiger partial charge in [-0.15, -0.1) is 0 Å². The Balaban J connectivity index is 1.01. The Morgan fingerprint density at radius 3 is 2.43 bits per heavy atom. The predicted molar refractivity (Wildman–Crippen MR) is 193 cm³/mol. The molecule has 1 spiro atoms. The van der Waals surface area contributed by atoms with Crippen LogP contribution in [-0.4, -0.2) is 87.7 Å². The summed E-state index contributed by atoms with van der Waals surface area (Å²) in [7, 11) is 4.59. The first-order chi connectivity index (χ1) is 25.5. The number of nitrogens with zero attached hydrogens (tertiary/aromatic N) is 6. The minimum absolute atomic E-state index is 0.0265. The second-order valence-corrected chi connectivity index (χ2v) is 14.3. The van der Waals surface area contributed by atoms with Gasteiger partial charge in [0.05, 0.1) is 42.3 Å². The van der Waals surface area contributed by atoms with Crippen LogP contribution in [0.2, 0.25) is 0 Å². The lowest BCUT2D eigenvalue weighted by molar-refractivity contribution is -0.0229. The highest BCUT2D eigenvalue weighted by molar-refractivity contribution is 6.05. The molecule has 4 heterocycles. The van der Waals surface area contributed by atoms with Gasteiger partial charge in [-0.2, -0.15) is 5.10 Å². The van der Waals surface area contributed by atoms with E-state index in [1.807, 2.05) is 16.2 Å². The summed E-state index contributed by atoms with van der Waals surface area (Å²) in [4.78, 5) is 46.9. The molecule has 1 aliphatic carbocycles. The number of carbonyl (C=O) groups is 3. The molecule has 2 aromatic carbocycles. The molecule has 280 valence electrons. The van der Waals surface area contributed by atoms with Crippen LogP contribution in [-0.2, 0) is 25.2 Å². The lowest BCUT2D eigenvalue weighted by Crippen LogP contribution is -2.56. The maximum Gasteiger partial charge on any atom is 0.287 e. The Kier molecular flexibility index (Phi) is 10.0. The van der Waals surface area contributed by atoms with E-state index in [4.69, 9.17) is 4.74 Å². The number of methoxy groups -OCH3 is 1. The molecule has 0 radical (unpaired) electrons. The number of carbonyl (C=O) groups excluding carboxylic acids is 3. The number of halogens is 2. The van der Waals surface area contributed by atoms with Gasteiger partial charge < -0.3 is 30.2 Å². The van der Waals surface area contributed by atoms with E-state index in [1.165, 1.54) is 26.1 Å². The third-order valence-electron chi connectivity index (χ3n) is 11.0. The van der Waals surface area contributed by atoms with E-state index in [0.29, 0.717) is 35.7 Å². The molecule has 53 heavy (non-hydrogen) atoms. The molecule has 2 aliphatic heterocycles. The first-order valence-corrected chi connectivity index (χ1v) is 18.0. The molecule has 4 aromatic rings. The summed E-state index contributed by atoms with van der Waals surface area (Å²) in [6.45, 7) is 4.81. The van der Waals surface area contributed by atoms with Gasteiger partial charge in [-0.3, -0.25) is 24.0 Å². The van der Waals surface area contributed by atoms with Crippen molar-refractivity contribution in [3.63, 3.8) is 0 Å². The van der Waals surface area contributed by atoms with E-state index < -0.39 is 23.1 Å². The highest BCUT2D eigenvalue weighted by Gasteiger charge is 2.49. The van der Waals surface area contributed by atoms with Gasteiger partial charge >= 0.3 is 0 Å². The first-order valence-electron chi connectivity index (χ1n) is 18.0. The summed E-state index contributed by atoms with van der Waals surface area (Å²) >= 11 is 0. The van der Waals surface area contributed by atoms with Gasteiger partial charge in [-0.05, 0) is 70.3 Å². The number of anilines is 1. The average molecular weight is 730 g/mol. The maximum absolute atomic E-state index is 15.2. The number of fused-ring (bicyclic) bond motifs is 2. The third kappa shape index (κ3) is 6.79. The van der Waals surface area contributed by atoms with E-state index in [2.05, 4.69) is 30.9 Å². The number of benzene rings is 2. The van der Waals surface area contributed by atoms with Crippen LogP contribution in [0.4, 0.5) is 14.5 Å². The lowest BCUT2D eigenvalue weighted by atomic mass is 9.72. The molecule has 1 saturated heterocycles. The fraction of sp³-hybridized carbons (Fsp3) is 0.447. The van der Waals surface area contributed by atoms with E-state index in [9.17, 15) is 14.4 Å². The Morgan fingerprint density at radius 2 is 1.77 bits per heavy atom. The van der Waals surface area contributed by atoms with Crippen LogP contribution in [0.5, 0.6) is 5.75 Å². The first kappa shape index (κ1) is 36.2. The SMILES string of the molecule is COc1cc(NC(=O)c2cnn(C3CCNCC3)c2C)ccc1CNC(=O)c1ncc2n1CCN(Cc1c(F)cc(C(=O)N(C)C)cc1F)C21CCC1. The van der Waals surface area contributed by atoms with Crippen molar-refractivity contribution in [3.8, 4) is 5.75 Å². The van der Waals surface area contributed by atoms with Crippen LogP contribution in [0, 0.1) is 18.6 Å². The van der Waals surface area contributed by atoms with E-state index in [-0.39, 0.29) is 47.9 Å². The van der Waals surface area contributed by atoms with Crippen molar-refractivity contribution in [3.05, 3.63) is 93.8 Å². The number of imidazole rings is 1. The molecule has 3 amide bonds. The molecule has 13 nitrogen and oxygen atoms in total. The zero-order valence-electron chi connectivity index (χ0n) is 30.5. The van der Waals surface area contributed by atoms with E-state index >= 15 is 8.78 Å². The molecule has 2 fully saturated rings. The Hall–Kier alpha value is -5.15. The van der Waals surface area contributed by atoms with Gasteiger partial charge in [0, 0.05) is 74.4 Å².